The van der Waals surface area contributed by atoms with E-state index in [4.69, 9.17) is 9.84 Å². The summed E-state index contributed by atoms with van der Waals surface area (Å²) in [4.78, 5) is 15.2. The minimum atomic E-state index is -0.940. The van der Waals surface area contributed by atoms with Crippen molar-refractivity contribution in [3.05, 3.63) is 71.5 Å². The molecule has 1 atom stereocenters. The Balaban J connectivity index is 1.63. The normalized spacial score (nSPS) is 16.9. The molecule has 0 saturated carbocycles. The highest BCUT2D eigenvalue weighted by Gasteiger charge is 2.26. The smallest absolute Gasteiger partial charge is 0.329 e. The molecule has 0 amide bonds. The van der Waals surface area contributed by atoms with E-state index in [1.54, 1.807) is 0 Å². The Labute approximate surface area is 159 Å². The van der Waals surface area contributed by atoms with E-state index in [1.165, 1.54) is 17.7 Å². The molecular weight excluding hydrogens is 347 g/mol. The summed E-state index contributed by atoms with van der Waals surface area (Å²) in [6.07, 6.45) is 0. The Morgan fingerprint density at radius 2 is 1.63 bits per heavy atom. The van der Waals surface area contributed by atoms with Crippen LogP contribution in [-0.2, 0) is 9.53 Å². The van der Waals surface area contributed by atoms with E-state index in [2.05, 4.69) is 21.9 Å². The fourth-order valence-corrected chi connectivity index (χ4v) is 3.49. The van der Waals surface area contributed by atoms with E-state index < -0.39 is 5.97 Å². The zero-order chi connectivity index (χ0) is 19.1. The zero-order valence-electron chi connectivity index (χ0n) is 15.3. The molecule has 3 rings (SSSR count). The Bertz CT molecular complexity index is 716. The molecule has 0 radical (unpaired) electrons. The second kappa shape index (κ2) is 9.60. The molecule has 0 aliphatic carbocycles. The predicted octanol–water partition coefficient (Wildman–Crippen LogP) is 2.63. The Morgan fingerprint density at radius 3 is 2.26 bits per heavy atom. The van der Waals surface area contributed by atoms with Gasteiger partial charge in [0.1, 0.15) is 12.4 Å². The summed E-state index contributed by atoms with van der Waals surface area (Å²) in [5, 5.41) is 8.61. The number of carbonyl (C=O) groups is 1. The van der Waals surface area contributed by atoms with Crippen LogP contribution in [0.1, 0.15) is 17.2 Å². The third-order valence-electron chi connectivity index (χ3n) is 4.85. The second-order valence-electron chi connectivity index (χ2n) is 6.69. The average Bonchev–Trinajstić information content (AvgIpc) is 2.69. The molecule has 1 fully saturated rings. The molecule has 6 heteroatoms. The van der Waals surface area contributed by atoms with Crippen molar-refractivity contribution in [2.24, 2.45) is 0 Å². The molecule has 0 spiro atoms. The van der Waals surface area contributed by atoms with E-state index >= 15 is 0 Å². The number of aliphatic carboxylic acids is 1. The van der Waals surface area contributed by atoms with Crippen molar-refractivity contribution in [2.75, 3.05) is 45.9 Å². The van der Waals surface area contributed by atoms with Gasteiger partial charge < -0.3 is 9.84 Å². The zero-order valence-corrected chi connectivity index (χ0v) is 15.3. The summed E-state index contributed by atoms with van der Waals surface area (Å²) in [6.45, 7) is 4.45. The topological polar surface area (TPSA) is 53.0 Å². The maximum Gasteiger partial charge on any atom is 0.329 e. The fourth-order valence-electron chi connectivity index (χ4n) is 3.49. The highest BCUT2D eigenvalue weighted by Crippen LogP contribution is 2.29. The van der Waals surface area contributed by atoms with Crippen LogP contribution in [0.15, 0.2) is 54.6 Å². The van der Waals surface area contributed by atoms with Crippen molar-refractivity contribution in [1.82, 2.24) is 9.80 Å². The van der Waals surface area contributed by atoms with Crippen LogP contribution in [0.4, 0.5) is 4.39 Å². The third kappa shape index (κ3) is 5.60. The summed E-state index contributed by atoms with van der Waals surface area (Å²) >= 11 is 0. The van der Waals surface area contributed by atoms with Gasteiger partial charge in [-0.25, -0.2) is 9.18 Å². The van der Waals surface area contributed by atoms with E-state index in [0.717, 1.165) is 38.3 Å². The summed E-state index contributed by atoms with van der Waals surface area (Å²) in [7, 11) is 0. The maximum absolute atomic E-state index is 13.4. The SMILES string of the molecule is O=C(O)COCCN1CCN([C@H](c2ccccc2)c2ccc(F)cc2)CC1. The molecule has 1 N–H and O–H groups in total. The van der Waals surface area contributed by atoms with Gasteiger partial charge in [-0.05, 0) is 23.3 Å². The number of benzene rings is 2. The summed E-state index contributed by atoms with van der Waals surface area (Å²) in [6, 6.07) is 17.1. The number of hydrogen-bond donors (Lipinski definition) is 1. The number of nitrogens with zero attached hydrogens (tertiary/aromatic N) is 2. The highest BCUT2D eigenvalue weighted by molar-refractivity contribution is 5.67. The molecule has 1 saturated heterocycles. The first-order valence-electron chi connectivity index (χ1n) is 9.20. The van der Waals surface area contributed by atoms with Gasteiger partial charge in [0.15, 0.2) is 0 Å². The first-order chi connectivity index (χ1) is 13.1. The lowest BCUT2D eigenvalue weighted by Crippen LogP contribution is -2.48. The van der Waals surface area contributed by atoms with Gasteiger partial charge in [-0.1, -0.05) is 42.5 Å². The molecule has 1 aliphatic rings. The van der Waals surface area contributed by atoms with Crippen LogP contribution < -0.4 is 0 Å². The highest BCUT2D eigenvalue weighted by atomic mass is 19.1. The minimum Gasteiger partial charge on any atom is -0.480 e. The summed E-state index contributed by atoms with van der Waals surface area (Å²) in [5.41, 5.74) is 2.28. The number of ether oxygens (including phenoxy) is 1. The molecule has 1 heterocycles. The monoisotopic (exact) mass is 372 g/mol. The van der Waals surface area contributed by atoms with Crippen LogP contribution >= 0.6 is 0 Å². The quantitative estimate of drug-likeness (QED) is 0.722. The Kier molecular flexibility index (Phi) is 6.92. The number of halogens is 1. The first-order valence-corrected chi connectivity index (χ1v) is 9.20. The van der Waals surface area contributed by atoms with Crippen molar-refractivity contribution >= 4 is 5.97 Å². The number of carboxylic acid groups (broad SMARTS) is 1. The molecule has 2 aromatic rings. The van der Waals surface area contributed by atoms with Gasteiger partial charge in [0.2, 0.25) is 0 Å². The van der Waals surface area contributed by atoms with Crippen molar-refractivity contribution in [2.45, 2.75) is 6.04 Å². The molecule has 0 unspecified atom stereocenters. The van der Waals surface area contributed by atoms with Crippen LogP contribution in [-0.4, -0.2) is 66.8 Å². The largest absolute Gasteiger partial charge is 0.480 e. The number of rotatable bonds is 8. The second-order valence-corrected chi connectivity index (χ2v) is 6.69. The fraction of sp³-hybridized carbons (Fsp3) is 0.381. The molecule has 5 nitrogen and oxygen atoms in total. The predicted molar refractivity (Wildman–Crippen MR) is 101 cm³/mol. The molecular formula is C21H25FN2O3. The molecule has 0 aromatic heterocycles. The van der Waals surface area contributed by atoms with Crippen molar-refractivity contribution in [3.8, 4) is 0 Å². The third-order valence-corrected chi connectivity index (χ3v) is 4.85. The molecule has 2 aromatic carbocycles. The lowest BCUT2D eigenvalue weighted by molar-refractivity contribution is -0.142. The lowest BCUT2D eigenvalue weighted by atomic mass is 9.96. The van der Waals surface area contributed by atoms with Gasteiger partial charge in [-0.15, -0.1) is 0 Å². The maximum atomic E-state index is 13.4. The van der Waals surface area contributed by atoms with Gasteiger partial charge in [0.25, 0.3) is 0 Å². The Morgan fingerprint density at radius 1 is 1.00 bits per heavy atom. The van der Waals surface area contributed by atoms with Crippen molar-refractivity contribution in [3.63, 3.8) is 0 Å². The van der Waals surface area contributed by atoms with Crippen molar-refractivity contribution < 1.29 is 19.0 Å². The number of piperazine rings is 1. The van der Waals surface area contributed by atoms with Gasteiger partial charge in [-0.3, -0.25) is 9.80 Å². The van der Waals surface area contributed by atoms with Gasteiger partial charge in [0.05, 0.1) is 12.6 Å². The minimum absolute atomic E-state index is 0.0946. The molecule has 27 heavy (non-hydrogen) atoms. The van der Waals surface area contributed by atoms with Crippen LogP contribution in [0, 0.1) is 5.82 Å². The number of carboxylic acids is 1. The average molecular weight is 372 g/mol. The number of hydrogen-bond acceptors (Lipinski definition) is 4. The van der Waals surface area contributed by atoms with Gasteiger partial charge >= 0.3 is 5.97 Å². The van der Waals surface area contributed by atoms with E-state index in [-0.39, 0.29) is 18.5 Å². The standard InChI is InChI=1S/C21H25FN2O3/c22-19-8-6-18(7-9-19)21(17-4-2-1-3-5-17)24-12-10-23(11-13-24)14-15-27-16-20(25)26/h1-9,21H,10-16H2,(H,25,26)/t21-/m1/s1. The van der Waals surface area contributed by atoms with Crippen LogP contribution in [0.3, 0.4) is 0 Å². The Hall–Kier alpha value is -2.28. The summed E-state index contributed by atoms with van der Waals surface area (Å²) in [5.74, 6) is -1.17. The molecule has 0 bridgehead atoms. The molecule has 144 valence electrons. The first kappa shape index (κ1) is 19.5. The van der Waals surface area contributed by atoms with E-state index in [0.29, 0.717) is 6.61 Å². The van der Waals surface area contributed by atoms with Gasteiger partial charge in [0, 0.05) is 32.7 Å². The van der Waals surface area contributed by atoms with E-state index in [9.17, 15) is 9.18 Å². The van der Waals surface area contributed by atoms with Crippen molar-refractivity contribution in [1.29, 1.82) is 0 Å². The van der Waals surface area contributed by atoms with E-state index in [1.807, 2.05) is 30.3 Å². The van der Waals surface area contributed by atoms with Crippen LogP contribution in [0.25, 0.3) is 0 Å². The van der Waals surface area contributed by atoms with Crippen LogP contribution in [0.5, 0.6) is 0 Å². The van der Waals surface area contributed by atoms with Crippen LogP contribution in [0.2, 0.25) is 0 Å². The lowest BCUT2D eigenvalue weighted by Gasteiger charge is -2.39. The van der Waals surface area contributed by atoms with Gasteiger partial charge in [-0.2, -0.15) is 0 Å². The molecule has 1 aliphatic heterocycles. The summed E-state index contributed by atoms with van der Waals surface area (Å²) < 4.78 is 18.5.